The molecule has 2 saturated carbocycles. The van der Waals surface area contributed by atoms with Crippen LogP contribution < -0.4 is 0 Å². The summed E-state index contributed by atoms with van der Waals surface area (Å²) in [5.74, 6) is 2.48. The molecular weight excluding hydrogens is 402 g/mol. The van der Waals surface area contributed by atoms with Crippen molar-refractivity contribution in [1.82, 2.24) is 0 Å². The molecule has 0 heterocycles. The van der Waals surface area contributed by atoms with E-state index >= 15 is 0 Å². The Bertz CT molecular complexity index is 714. The van der Waals surface area contributed by atoms with Crippen LogP contribution in [0.3, 0.4) is 0 Å². The van der Waals surface area contributed by atoms with Gasteiger partial charge in [-0.15, -0.1) is 0 Å². The molecule has 1 N–H and O–H groups in total. The summed E-state index contributed by atoms with van der Waals surface area (Å²) >= 11 is 0. The lowest BCUT2D eigenvalue weighted by molar-refractivity contribution is 0.00971. The van der Waals surface area contributed by atoms with Gasteiger partial charge in [0.2, 0.25) is 0 Å². The summed E-state index contributed by atoms with van der Waals surface area (Å²) in [4.78, 5) is 0. The molecule has 1 aromatic rings. The number of unbranched alkanes of at least 4 members (excludes halogenated alkanes) is 4. The first-order valence-electron chi connectivity index (χ1n) is 14.0. The standard InChI is InChI=1S/C31H47NO/c1-2-3-4-5-7-10-25-12-16-27(17-13-25)28-20-22-30(23-21-28)31(33)29-18-14-26(15-19-29)11-8-6-9-24-32/h6,9,12-13,16-17,26,28-31,33H,2-5,7-8,10-11,14-15,18-23H2,1H3. The lowest BCUT2D eigenvalue weighted by Crippen LogP contribution is -2.34. The smallest absolute Gasteiger partial charge is 0.0908 e. The molecule has 0 aliphatic heterocycles. The number of hydrogen-bond donors (Lipinski definition) is 1. The number of rotatable bonds is 12. The van der Waals surface area contributed by atoms with Crippen LogP contribution in [0.2, 0.25) is 0 Å². The zero-order chi connectivity index (χ0) is 23.3. The molecule has 1 unspecified atom stereocenters. The second kappa shape index (κ2) is 14.6. The minimum absolute atomic E-state index is 0.0968. The summed E-state index contributed by atoms with van der Waals surface area (Å²) in [7, 11) is 0. The topological polar surface area (TPSA) is 44.0 Å². The molecular formula is C31H47NO. The Hall–Kier alpha value is -1.59. The van der Waals surface area contributed by atoms with Crippen molar-refractivity contribution in [2.75, 3.05) is 0 Å². The fraction of sp³-hybridized carbons (Fsp3) is 0.710. The minimum atomic E-state index is -0.0968. The zero-order valence-electron chi connectivity index (χ0n) is 21.1. The van der Waals surface area contributed by atoms with Crippen LogP contribution in [0.25, 0.3) is 0 Å². The largest absolute Gasteiger partial charge is 0.393 e. The van der Waals surface area contributed by atoms with Crippen LogP contribution in [-0.4, -0.2) is 11.2 Å². The SMILES string of the molecule is CCCCCCCc1ccc(C2CCC(C(O)C3CCC(CCC=CC#N)CC3)CC2)cc1. The quantitative estimate of drug-likeness (QED) is 0.257. The van der Waals surface area contributed by atoms with Crippen molar-refractivity contribution < 1.29 is 5.11 Å². The van der Waals surface area contributed by atoms with Gasteiger partial charge in [0.1, 0.15) is 0 Å². The van der Waals surface area contributed by atoms with Crippen molar-refractivity contribution in [2.24, 2.45) is 17.8 Å². The van der Waals surface area contributed by atoms with E-state index in [-0.39, 0.29) is 6.10 Å². The maximum absolute atomic E-state index is 11.1. The number of hydrogen-bond acceptors (Lipinski definition) is 2. The Morgan fingerprint density at radius 1 is 0.909 bits per heavy atom. The van der Waals surface area contributed by atoms with E-state index in [4.69, 9.17) is 5.26 Å². The highest BCUT2D eigenvalue weighted by atomic mass is 16.3. The van der Waals surface area contributed by atoms with Crippen LogP contribution in [0.1, 0.15) is 120 Å². The van der Waals surface area contributed by atoms with Gasteiger partial charge in [-0.05, 0) is 99.0 Å². The highest BCUT2D eigenvalue weighted by Gasteiger charge is 2.33. The van der Waals surface area contributed by atoms with Gasteiger partial charge in [0.05, 0.1) is 12.2 Å². The van der Waals surface area contributed by atoms with Crippen LogP contribution in [0.4, 0.5) is 0 Å². The third kappa shape index (κ3) is 8.60. The number of allylic oxidation sites excluding steroid dienone is 2. The molecule has 2 nitrogen and oxygen atoms in total. The predicted molar refractivity (Wildman–Crippen MR) is 139 cm³/mol. The average Bonchev–Trinajstić information content (AvgIpc) is 2.87. The summed E-state index contributed by atoms with van der Waals surface area (Å²) in [5.41, 5.74) is 3.01. The van der Waals surface area contributed by atoms with E-state index in [0.29, 0.717) is 17.8 Å². The lowest BCUT2D eigenvalue weighted by Gasteiger charge is -2.38. The summed E-state index contributed by atoms with van der Waals surface area (Å²) in [5, 5.41) is 19.7. The van der Waals surface area contributed by atoms with Gasteiger partial charge in [0.25, 0.3) is 0 Å². The minimum Gasteiger partial charge on any atom is -0.393 e. The first kappa shape index (κ1) is 26.0. The zero-order valence-corrected chi connectivity index (χ0v) is 21.1. The van der Waals surface area contributed by atoms with Crippen LogP contribution >= 0.6 is 0 Å². The molecule has 0 spiro atoms. The summed E-state index contributed by atoms with van der Waals surface area (Å²) in [6.07, 6.45) is 23.4. The fourth-order valence-corrected chi connectivity index (χ4v) is 6.35. The van der Waals surface area contributed by atoms with Crippen LogP contribution in [-0.2, 0) is 6.42 Å². The van der Waals surface area contributed by atoms with E-state index in [2.05, 4.69) is 37.3 Å². The highest BCUT2D eigenvalue weighted by molar-refractivity contribution is 5.26. The van der Waals surface area contributed by atoms with Gasteiger partial charge in [-0.2, -0.15) is 5.26 Å². The number of aliphatic hydroxyl groups is 1. The highest BCUT2D eigenvalue weighted by Crippen LogP contribution is 2.42. The number of aryl methyl sites for hydroxylation is 1. The van der Waals surface area contributed by atoms with Crippen LogP contribution in [0.5, 0.6) is 0 Å². The van der Waals surface area contributed by atoms with Gasteiger partial charge in [0, 0.05) is 6.08 Å². The normalized spacial score (nSPS) is 26.8. The second-order valence-corrected chi connectivity index (χ2v) is 10.9. The lowest BCUT2D eigenvalue weighted by atomic mass is 9.70. The summed E-state index contributed by atoms with van der Waals surface area (Å²) in [6, 6.07) is 11.6. The van der Waals surface area contributed by atoms with Crippen molar-refractivity contribution in [3.8, 4) is 6.07 Å². The molecule has 2 heteroatoms. The van der Waals surface area contributed by atoms with E-state index in [1.807, 2.05) is 6.08 Å². The van der Waals surface area contributed by atoms with Gasteiger partial charge in [-0.25, -0.2) is 0 Å². The van der Waals surface area contributed by atoms with E-state index in [1.54, 1.807) is 6.08 Å². The molecule has 2 aliphatic rings. The molecule has 2 fully saturated rings. The molecule has 2 aliphatic carbocycles. The molecule has 3 rings (SSSR count). The molecule has 182 valence electrons. The summed E-state index contributed by atoms with van der Waals surface area (Å²) in [6.45, 7) is 2.28. The average molecular weight is 450 g/mol. The maximum atomic E-state index is 11.1. The summed E-state index contributed by atoms with van der Waals surface area (Å²) < 4.78 is 0. The first-order valence-corrected chi connectivity index (χ1v) is 14.0. The van der Waals surface area contributed by atoms with E-state index in [9.17, 15) is 5.11 Å². The van der Waals surface area contributed by atoms with Crippen molar-refractivity contribution in [3.05, 3.63) is 47.5 Å². The Kier molecular flexibility index (Phi) is 11.5. The molecule has 0 radical (unpaired) electrons. The molecule has 1 atom stereocenters. The van der Waals surface area contributed by atoms with Gasteiger partial charge >= 0.3 is 0 Å². The monoisotopic (exact) mass is 449 g/mol. The maximum Gasteiger partial charge on any atom is 0.0908 e. The Balaban J connectivity index is 1.35. The molecule has 33 heavy (non-hydrogen) atoms. The molecule has 1 aromatic carbocycles. The number of nitrogens with zero attached hydrogens (tertiary/aromatic N) is 1. The van der Waals surface area contributed by atoms with Gasteiger partial charge in [-0.3, -0.25) is 0 Å². The molecule has 0 saturated heterocycles. The second-order valence-electron chi connectivity index (χ2n) is 10.9. The fourth-order valence-electron chi connectivity index (χ4n) is 6.35. The Morgan fingerprint density at radius 2 is 1.55 bits per heavy atom. The number of benzene rings is 1. The number of aliphatic hydroxyl groups excluding tert-OH is 1. The third-order valence-electron chi connectivity index (χ3n) is 8.58. The van der Waals surface area contributed by atoms with Crippen molar-refractivity contribution in [3.63, 3.8) is 0 Å². The van der Waals surface area contributed by atoms with E-state index in [0.717, 1.165) is 12.3 Å². The Morgan fingerprint density at radius 3 is 2.18 bits per heavy atom. The Labute approximate surface area is 203 Å². The van der Waals surface area contributed by atoms with E-state index < -0.39 is 0 Å². The van der Waals surface area contributed by atoms with E-state index in [1.165, 1.54) is 107 Å². The molecule has 0 bridgehead atoms. The molecule has 0 amide bonds. The third-order valence-corrected chi connectivity index (χ3v) is 8.58. The first-order chi connectivity index (χ1) is 16.2. The van der Waals surface area contributed by atoms with Crippen molar-refractivity contribution in [1.29, 1.82) is 5.26 Å². The predicted octanol–water partition coefficient (Wildman–Crippen LogP) is 8.50. The molecule has 0 aromatic heterocycles. The van der Waals surface area contributed by atoms with Crippen LogP contribution in [0.15, 0.2) is 36.4 Å². The van der Waals surface area contributed by atoms with Gasteiger partial charge in [0.15, 0.2) is 0 Å². The van der Waals surface area contributed by atoms with Crippen LogP contribution in [0, 0.1) is 29.1 Å². The number of nitriles is 1. The van der Waals surface area contributed by atoms with Gasteiger partial charge < -0.3 is 5.11 Å². The van der Waals surface area contributed by atoms with Crippen molar-refractivity contribution >= 4 is 0 Å². The van der Waals surface area contributed by atoms with Gasteiger partial charge in [-0.1, -0.05) is 75.8 Å². The van der Waals surface area contributed by atoms with Crippen molar-refractivity contribution in [2.45, 2.75) is 122 Å².